The molecule has 0 amide bonds. The van der Waals surface area contributed by atoms with Crippen molar-refractivity contribution < 1.29 is 0 Å². The zero-order valence-electron chi connectivity index (χ0n) is 8.97. The van der Waals surface area contributed by atoms with Crippen LogP contribution in [0.15, 0.2) is 0 Å². The van der Waals surface area contributed by atoms with Gasteiger partial charge in [0.1, 0.15) is 0 Å². The predicted molar refractivity (Wildman–Crippen MR) is 56.9 cm³/mol. The summed E-state index contributed by atoms with van der Waals surface area (Å²) in [5, 5.41) is 0. The third-order valence-corrected chi connectivity index (χ3v) is 3.82. The fraction of sp³-hybridized carbons (Fsp3) is 1.00. The quantitative estimate of drug-likeness (QED) is 0.644. The van der Waals surface area contributed by atoms with Gasteiger partial charge in [0, 0.05) is 12.1 Å². The maximum atomic E-state index is 2.83. The molecule has 0 aromatic carbocycles. The summed E-state index contributed by atoms with van der Waals surface area (Å²) in [5.74, 6) is 0. The van der Waals surface area contributed by atoms with E-state index in [2.05, 4.69) is 11.8 Å². The highest BCUT2D eigenvalue weighted by atomic mass is 15.2. The van der Waals surface area contributed by atoms with Crippen molar-refractivity contribution in [1.82, 2.24) is 4.90 Å². The fourth-order valence-corrected chi connectivity index (χ4v) is 2.88. The van der Waals surface area contributed by atoms with E-state index in [4.69, 9.17) is 0 Å². The van der Waals surface area contributed by atoms with Crippen LogP contribution in [0.25, 0.3) is 0 Å². The lowest BCUT2D eigenvalue weighted by Crippen LogP contribution is -2.45. The van der Waals surface area contributed by atoms with Crippen LogP contribution in [-0.2, 0) is 0 Å². The average Bonchev–Trinajstić information content (AvgIpc) is 2.51. The molecule has 0 N–H and O–H groups in total. The lowest BCUT2D eigenvalue weighted by Gasteiger charge is -2.41. The first-order valence-electron chi connectivity index (χ1n) is 6.17. The second kappa shape index (κ2) is 4.45. The summed E-state index contributed by atoms with van der Waals surface area (Å²) in [6.07, 6.45) is 11.7. The summed E-state index contributed by atoms with van der Waals surface area (Å²) in [6.45, 7) is 3.68. The Bertz CT molecular complexity index is 145. The molecule has 0 atom stereocenters. The average molecular weight is 181 g/mol. The molecular weight excluding hydrogens is 158 g/mol. The van der Waals surface area contributed by atoms with Crippen molar-refractivity contribution in [2.24, 2.45) is 0 Å². The zero-order chi connectivity index (χ0) is 9.10. The van der Waals surface area contributed by atoms with Crippen molar-refractivity contribution in [2.45, 2.75) is 70.4 Å². The van der Waals surface area contributed by atoms with Crippen molar-refractivity contribution in [2.75, 3.05) is 6.54 Å². The van der Waals surface area contributed by atoms with E-state index in [9.17, 15) is 0 Å². The smallest absolute Gasteiger partial charge is 0.00982 e. The standard InChI is InChI=1S/C12H23N/c1-2-10-13(12-8-5-9-12)11-6-3-4-7-11/h11-12H,2-10H2,1H3. The van der Waals surface area contributed by atoms with Crippen molar-refractivity contribution in [3.8, 4) is 0 Å². The number of hydrogen-bond acceptors (Lipinski definition) is 1. The van der Waals surface area contributed by atoms with Crippen LogP contribution in [-0.4, -0.2) is 23.5 Å². The second-order valence-corrected chi connectivity index (χ2v) is 4.76. The Morgan fingerprint density at radius 2 is 1.46 bits per heavy atom. The van der Waals surface area contributed by atoms with E-state index in [-0.39, 0.29) is 0 Å². The van der Waals surface area contributed by atoms with Gasteiger partial charge in [-0.1, -0.05) is 26.2 Å². The number of nitrogens with zero attached hydrogens (tertiary/aromatic N) is 1. The molecule has 0 spiro atoms. The molecule has 2 fully saturated rings. The van der Waals surface area contributed by atoms with E-state index in [1.54, 1.807) is 0 Å². The molecule has 2 rings (SSSR count). The largest absolute Gasteiger partial charge is 0.297 e. The topological polar surface area (TPSA) is 3.24 Å². The van der Waals surface area contributed by atoms with Gasteiger partial charge >= 0.3 is 0 Å². The number of hydrogen-bond donors (Lipinski definition) is 0. The molecule has 0 saturated heterocycles. The molecule has 2 aliphatic carbocycles. The van der Waals surface area contributed by atoms with Gasteiger partial charge in [-0.2, -0.15) is 0 Å². The van der Waals surface area contributed by atoms with Gasteiger partial charge in [0.05, 0.1) is 0 Å². The lowest BCUT2D eigenvalue weighted by atomic mass is 9.90. The molecule has 0 aromatic heterocycles. The number of rotatable bonds is 4. The fourth-order valence-electron chi connectivity index (χ4n) is 2.88. The van der Waals surface area contributed by atoms with Gasteiger partial charge < -0.3 is 0 Å². The van der Waals surface area contributed by atoms with Crippen molar-refractivity contribution >= 4 is 0 Å². The highest BCUT2D eigenvalue weighted by molar-refractivity contribution is 4.86. The van der Waals surface area contributed by atoms with Gasteiger partial charge in [0.15, 0.2) is 0 Å². The first-order valence-corrected chi connectivity index (χ1v) is 6.17. The Hall–Kier alpha value is -0.0400. The van der Waals surface area contributed by atoms with Gasteiger partial charge in [-0.15, -0.1) is 0 Å². The van der Waals surface area contributed by atoms with E-state index in [0.717, 1.165) is 12.1 Å². The first kappa shape index (κ1) is 9.51. The van der Waals surface area contributed by atoms with Crippen LogP contribution in [0, 0.1) is 0 Å². The molecule has 0 heterocycles. The second-order valence-electron chi connectivity index (χ2n) is 4.76. The summed E-state index contributed by atoms with van der Waals surface area (Å²) in [4.78, 5) is 2.83. The van der Waals surface area contributed by atoms with Gasteiger partial charge in [-0.05, 0) is 38.6 Å². The molecule has 1 heteroatoms. The third kappa shape index (κ3) is 2.07. The molecule has 1 nitrogen and oxygen atoms in total. The minimum absolute atomic E-state index is 0.963. The van der Waals surface area contributed by atoms with Gasteiger partial charge in [-0.25, -0.2) is 0 Å². The normalized spacial score (nSPS) is 25.4. The van der Waals surface area contributed by atoms with Gasteiger partial charge in [0.25, 0.3) is 0 Å². The van der Waals surface area contributed by atoms with Gasteiger partial charge in [0.2, 0.25) is 0 Å². The molecule has 0 aromatic rings. The molecule has 2 saturated carbocycles. The van der Waals surface area contributed by atoms with E-state index in [1.165, 1.54) is 57.9 Å². The molecule has 0 bridgehead atoms. The summed E-state index contributed by atoms with van der Waals surface area (Å²) in [5.41, 5.74) is 0. The van der Waals surface area contributed by atoms with Crippen LogP contribution in [0.3, 0.4) is 0 Å². The zero-order valence-corrected chi connectivity index (χ0v) is 8.97. The lowest BCUT2D eigenvalue weighted by molar-refractivity contribution is 0.0815. The van der Waals surface area contributed by atoms with Crippen molar-refractivity contribution in [3.05, 3.63) is 0 Å². The van der Waals surface area contributed by atoms with E-state index in [1.807, 2.05) is 0 Å². The molecule has 0 unspecified atom stereocenters. The highest BCUT2D eigenvalue weighted by Crippen LogP contribution is 2.32. The summed E-state index contributed by atoms with van der Waals surface area (Å²) >= 11 is 0. The van der Waals surface area contributed by atoms with E-state index >= 15 is 0 Å². The Morgan fingerprint density at radius 3 is 1.85 bits per heavy atom. The van der Waals surface area contributed by atoms with Crippen LogP contribution < -0.4 is 0 Å². The summed E-state index contributed by atoms with van der Waals surface area (Å²) in [7, 11) is 0. The minimum Gasteiger partial charge on any atom is -0.297 e. The Kier molecular flexibility index (Phi) is 3.26. The molecular formula is C12H23N. The Morgan fingerprint density at radius 1 is 0.923 bits per heavy atom. The first-order chi connectivity index (χ1) is 6.42. The molecule has 0 aliphatic heterocycles. The SMILES string of the molecule is CCCN(C1CCCC1)C1CCC1. The minimum atomic E-state index is 0.963. The molecule has 76 valence electrons. The maximum Gasteiger partial charge on any atom is 0.00982 e. The van der Waals surface area contributed by atoms with E-state index < -0.39 is 0 Å². The molecule has 13 heavy (non-hydrogen) atoms. The summed E-state index contributed by atoms with van der Waals surface area (Å²) < 4.78 is 0. The van der Waals surface area contributed by atoms with Crippen molar-refractivity contribution in [3.63, 3.8) is 0 Å². The third-order valence-electron chi connectivity index (χ3n) is 3.82. The molecule has 2 aliphatic rings. The van der Waals surface area contributed by atoms with Crippen LogP contribution in [0.5, 0.6) is 0 Å². The predicted octanol–water partition coefficient (Wildman–Crippen LogP) is 3.19. The van der Waals surface area contributed by atoms with Gasteiger partial charge in [-0.3, -0.25) is 4.90 Å². The van der Waals surface area contributed by atoms with Crippen LogP contribution in [0.2, 0.25) is 0 Å². The maximum absolute atomic E-state index is 2.83. The van der Waals surface area contributed by atoms with Crippen molar-refractivity contribution in [1.29, 1.82) is 0 Å². The van der Waals surface area contributed by atoms with Crippen LogP contribution >= 0.6 is 0 Å². The van der Waals surface area contributed by atoms with Crippen LogP contribution in [0.1, 0.15) is 58.3 Å². The van der Waals surface area contributed by atoms with Crippen LogP contribution in [0.4, 0.5) is 0 Å². The van der Waals surface area contributed by atoms with E-state index in [0.29, 0.717) is 0 Å². The monoisotopic (exact) mass is 181 g/mol. The summed E-state index contributed by atoms with van der Waals surface area (Å²) in [6, 6.07) is 1.94. The highest BCUT2D eigenvalue weighted by Gasteiger charge is 2.31. The Balaban J connectivity index is 1.86. The molecule has 0 radical (unpaired) electrons. The Labute approximate surface area is 82.5 Å².